The fourth-order valence-corrected chi connectivity index (χ4v) is 4.62. The number of nitrogens with one attached hydrogen (secondary N) is 3. The van der Waals surface area contributed by atoms with Crippen molar-refractivity contribution in [1.29, 1.82) is 0 Å². The average Bonchev–Trinajstić information content (AvgIpc) is 3.24. The number of amides is 3. The maximum absolute atomic E-state index is 13.0. The van der Waals surface area contributed by atoms with E-state index in [1.165, 1.54) is 31.2 Å². The molecule has 0 spiro atoms. The lowest BCUT2D eigenvalue weighted by molar-refractivity contribution is -0.128. The Balaban J connectivity index is 1.33. The summed E-state index contributed by atoms with van der Waals surface area (Å²) in [5, 5.41) is 16.9. The minimum Gasteiger partial charge on any atom is -0.478 e. The lowest BCUT2D eigenvalue weighted by atomic mass is 9.98. The zero-order valence-corrected chi connectivity index (χ0v) is 21.9. The molecular weight excluding hydrogens is 498 g/mol. The second-order valence-corrected chi connectivity index (χ2v) is 9.79. The van der Waals surface area contributed by atoms with Crippen LogP contribution in [0, 0.1) is 5.92 Å². The van der Waals surface area contributed by atoms with Gasteiger partial charge in [0.1, 0.15) is 18.7 Å². The number of fused-ring (bicyclic) bond motifs is 3. The Morgan fingerprint density at radius 2 is 1.36 bits per heavy atom. The van der Waals surface area contributed by atoms with Crippen LogP contribution in [0.2, 0.25) is 0 Å². The third-order valence-electron chi connectivity index (χ3n) is 6.72. The van der Waals surface area contributed by atoms with Gasteiger partial charge in [-0.05, 0) is 59.4 Å². The summed E-state index contributed by atoms with van der Waals surface area (Å²) in [5.74, 6) is -2.47. The molecule has 3 aromatic carbocycles. The molecule has 0 saturated heterocycles. The molecule has 0 aliphatic heterocycles. The molecule has 0 bridgehead atoms. The quantitative estimate of drug-likeness (QED) is 0.325. The number of carbonyl (C=O) groups is 4. The third kappa shape index (κ3) is 6.26. The van der Waals surface area contributed by atoms with Crippen LogP contribution in [0.5, 0.6) is 0 Å². The lowest BCUT2D eigenvalue weighted by Gasteiger charge is -2.24. The van der Waals surface area contributed by atoms with Crippen LogP contribution in [-0.4, -0.2) is 47.7 Å². The lowest BCUT2D eigenvalue weighted by Crippen LogP contribution is -2.53. The highest BCUT2D eigenvalue weighted by Crippen LogP contribution is 2.44. The van der Waals surface area contributed by atoms with E-state index in [9.17, 15) is 19.2 Å². The molecule has 202 valence electrons. The van der Waals surface area contributed by atoms with Crippen LogP contribution < -0.4 is 16.0 Å². The van der Waals surface area contributed by atoms with Crippen LogP contribution >= 0.6 is 0 Å². The monoisotopic (exact) mass is 529 g/mol. The maximum Gasteiger partial charge on any atom is 0.407 e. The molecule has 3 amide bonds. The molecule has 3 aromatic rings. The van der Waals surface area contributed by atoms with E-state index in [0.29, 0.717) is 5.69 Å². The van der Waals surface area contributed by atoms with Gasteiger partial charge in [0.05, 0.1) is 5.56 Å². The zero-order chi connectivity index (χ0) is 28.1. The van der Waals surface area contributed by atoms with Crippen LogP contribution in [0.15, 0.2) is 72.8 Å². The number of ether oxygens (including phenoxy) is 1. The molecule has 39 heavy (non-hydrogen) atoms. The zero-order valence-electron chi connectivity index (χ0n) is 21.9. The molecule has 9 nitrogen and oxygen atoms in total. The van der Waals surface area contributed by atoms with E-state index in [2.05, 4.69) is 28.1 Å². The predicted molar refractivity (Wildman–Crippen MR) is 146 cm³/mol. The van der Waals surface area contributed by atoms with Crippen molar-refractivity contribution in [3.8, 4) is 11.1 Å². The smallest absolute Gasteiger partial charge is 0.407 e. The SMILES string of the molecule is CC(C)[C@H](NC(=O)OCC1c2ccccc2-c2ccccc21)C(=O)N[C@@H](C)C(=O)Nc1ccc(C(=O)O)cc1. The molecule has 2 atom stereocenters. The number of benzene rings is 3. The van der Waals surface area contributed by atoms with Gasteiger partial charge < -0.3 is 25.8 Å². The number of carbonyl (C=O) groups excluding carboxylic acids is 3. The number of hydrogen-bond donors (Lipinski definition) is 4. The average molecular weight is 530 g/mol. The first-order valence-corrected chi connectivity index (χ1v) is 12.7. The Hall–Kier alpha value is -4.66. The summed E-state index contributed by atoms with van der Waals surface area (Å²) in [5.41, 5.74) is 4.89. The van der Waals surface area contributed by atoms with E-state index >= 15 is 0 Å². The van der Waals surface area contributed by atoms with Crippen molar-refractivity contribution in [2.75, 3.05) is 11.9 Å². The summed E-state index contributed by atoms with van der Waals surface area (Å²) in [6, 6.07) is 19.9. The molecule has 0 fully saturated rings. The van der Waals surface area contributed by atoms with Crippen molar-refractivity contribution in [2.24, 2.45) is 5.92 Å². The van der Waals surface area contributed by atoms with E-state index in [1.807, 2.05) is 36.4 Å². The highest BCUT2D eigenvalue weighted by Gasteiger charge is 2.31. The fourth-order valence-electron chi connectivity index (χ4n) is 4.62. The minimum atomic E-state index is -1.07. The Labute approximate surface area is 226 Å². The summed E-state index contributed by atoms with van der Waals surface area (Å²) in [6.07, 6.45) is -0.721. The van der Waals surface area contributed by atoms with E-state index in [-0.39, 0.29) is 24.0 Å². The standard InChI is InChI=1S/C30H31N3O6/c1-17(2)26(28(35)31-18(3)27(34)32-20-14-12-19(13-15-20)29(36)37)33-30(38)39-16-25-23-10-6-4-8-21(23)22-9-5-7-11-24(22)25/h4-15,17-18,25-26H,16H2,1-3H3,(H,31,35)(H,32,34)(H,33,38)(H,36,37)/t18-,26-/m0/s1. The number of alkyl carbamates (subject to hydrolysis) is 1. The van der Waals surface area contributed by atoms with Crippen molar-refractivity contribution < 1.29 is 29.0 Å². The topological polar surface area (TPSA) is 134 Å². The summed E-state index contributed by atoms with van der Waals surface area (Å²) in [7, 11) is 0. The molecule has 9 heteroatoms. The molecule has 0 radical (unpaired) electrons. The first-order chi connectivity index (χ1) is 18.7. The van der Waals surface area contributed by atoms with Crippen molar-refractivity contribution in [2.45, 2.75) is 38.8 Å². The van der Waals surface area contributed by atoms with Crippen molar-refractivity contribution in [3.63, 3.8) is 0 Å². The van der Waals surface area contributed by atoms with Gasteiger partial charge in [-0.25, -0.2) is 9.59 Å². The maximum atomic E-state index is 13.0. The van der Waals surface area contributed by atoms with E-state index in [0.717, 1.165) is 22.3 Å². The van der Waals surface area contributed by atoms with Crippen molar-refractivity contribution in [3.05, 3.63) is 89.5 Å². The Morgan fingerprint density at radius 1 is 0.795 bits per heavy atom. The van der Waals surface area contributed by atoms with Gasteiger partial charge in [0, 0.05) is 11.6 Å². The molecule has 4 N–H and O–H groups in total. The summed E-state index contributed by atoms with van der Waals surface area (Å²) in [6.45, 7) is 5.20. The Bertz CT molecular complexity index is 1340. The predicted octanol–water partition coefficient (Wildman–Crippen LogP) is 4.39. The van der Waals surface area contributed by atoms with Gasteiger partial charge in [0.25, 0.3) is 0 Å². The first kappa shape index (κ1) is 27.4. The number of hydrogen-bond acceptors (Lipinski definition) is 5. The molecule has 1 aliphatic rings. The van der Waals surface area contributed by atoms with Gasteiger partial charge in [-0.2, -0.15) is 0 Å². The van der Waals surface area contributed by atoms with E-state index < -0.39 is 36.0 Å². The third-order valence-corrected chi connectivity index (χ3v) is 6.72. The molecular formula is C30H31N3O6. The highest BCUT2D eigenvalue weighted by molar-refractivity contribution is 5.98. The summed E-state index contributed by atoms with van der Waals surface area (Å²) in [4.78, 5) is 49.3. The van der Waals surface area contributed by atoms with Crippen LogP contribution in [0.25, 0.3) is 11.1 Å². The summed E-state index contributed by atoms with van der Waals surface area (Å²) < 4.78 is 5.58. The largest absolute Gasteiger partial charge is 0.478 e. The van der Waals surface area contributed by atoms with Gasteiger partial charge in [0.15, 0.2) is 0 Å². The van der Waals surface area contributed by atoms with Crippen molar-refractivity contribution in [1.82, 2.24) is 10.6 Å². The summed E-state index contributed by atoms with van der Waals surface area (Å²) >= 11 is 0. The number of carboxylic acids is 1. The number of carboxylic acid groups (broad SMARTS) is 1. The second-order valence-electron chi connectivity index (χ2n) is 9.79. The molecule has 0 unspecified atom stereocenters. The van der Waals surface area contributed by atoms with Gasteiger partial charge in [-0.3, -0.25) is 9.59 Å². The first-order valence-electron chi connectivity index (χ1n) is 12.7. The molecule has 4 rings (SSSR count). The highest BCUT2D eigenvalue weighted by atomic mass is 16.5. The van der Waals surface area contributed by atoms with Gasteiger partial charge in [-0.1, -0.05) is 62.4 Å². The van der Waals surface area contributed by atoms with Gasteiger partial charge in [-0.15, -0.1) is 0 Å². The van der Waals surface area contributed by atoms with Crippen molar-refractivity contribution >= 4 is 29.6 Å². The second kappa shape index (κ2) is 11.8. The van der Waals surface area contributed by atoms with Crippen LogP contribution in [-0.2, 0) is 14.3 Å². The molecule has 0 heterocycles. The normalized spacial score (nSPS) is 13.5. The van der Waals surface area contributed by atoms with Gasteiger partial charge >= 0.3 is 12.1 Å². The van der Waals surface area contributed by atoms with Crippen LogP contribution in [0.4, 0.5) is 10.5 Å². The van der Waals surface area contributed by atoms with Crippen LogP contribution in [0.3, 0.4) is 0 Å². The molecule has 0 aromatic heterocycles. The number of anilines is 1. The minimum absolute atomic E-state index is 0.0911. The van der Waals surface area contributed by atoms with E-state index in [1.54, 1.807) is 13.8 Å². The van der Waals surface area contributed by atoms with E-state index in [4.69, 9.17) is 9.84 Å². The number of rotatable bonds is 9. The number of aromatic carboxylic acids is 1. The molecule has 0 saturated carbocycles. The Morgan fingerprint density at radius 3 is 1.90 bits per heavy atom. The van der Waals surface area contributed by atoms with Crippen LogP contribution in [0.1, 0.15) is 48.2 Å². The van der Waals surface area contributed by atoms with Gasteiger partial charge in [0.2, 0.25) is 11.8 Å². The molecule has 1 aliphatic carbocycles. The fraction of sp³-hybridized carbons (Fsp3) is 0.267. The Kier molecular flexibility index (Phi) is 8.29.